The molecule has 1 aromatic carbocycles. The Balaban J connectivity index is 3.00. The maximum Gasteiger partial charge on any atom is 0.317 e. The number of rotatable bonds is 4. The summed E-state index contributed by atoms with van der Waals surface area (Å²) in [5, 5.41) is 0. The summed E-state index contributed by atoms with van der Waals surface area (Å²) in [4.78, 5) is 11.8. The normalized spacial score (nSPS) is 14.3. The van der Waals surface area contributed by atoms with Crippen LogP contribution in [-0.2, 0) is 14.9 Å². The molecule has 1 aromatic rings. The van der Waals surface area contributed by atoms with E-state index in [1.807, 2.05) is 30.3 Å². The Morgan fingerprint density at radius 2 is 2.00 bits per heavy atom. The van der Waals surface area contributed by atoms with Crippen LogP contribution in [-0.4, -0.2) is 19.1 Å². The van der Waals surface area contributed by atoms with Crippen LogP contribution >= 0.6 is 0 Å². The van der Waals surface area contributed by atoms with Gasteiger partial charge in [0, 0.05) is 6.54 Å². The predicted molar refractivity (Wildman–Crippen MR) is 59.5 cm³/mol. The van der Waals surface area contributed by atoms with Gasteiger partial charge in [0.05, 0.1) is 6.61 Å². The topological polar surface area (TPSA) is 52.3 Å². The quantitative estimate of drug-likeness (QED) is 0.760. The van der Waals surface area contributed by atoms with Gasteiger partial charge in [-0.15, -0.1) is 0 Å². The summed E-state index contributed by atoms with van der Waals surface area (Å²) in [6.45, 7) is 4.22. The summed E-state index contributed by atoms with van der Waals surface area (Å²) in [6.07, 6.45) is 0. The van der Waals surface area contributed by atoms with Gasteiger partial charge in [-0.05, 0) is 19.4 Å². The van der Waals surface area contributed by atoms with E-state index in [-0.39, 0.29) is 12.5 Å². The molecule has 0 bridgehead atoms. The molecule has 0 heterocycles. The lowest BCUT2D eigenvalue weighted by atomic mass is 9.82. The maximum absolute atomic E-state index is 11.8. The van der Waals surface area contributed by atoms with E-state index in [0.29, 0.717) is 6.61 Å². The lowest BCUT2D eigenvalue weighted by Gasteiger charge is -2.25. The van der Waals surface area contributed by atoms with E-state index in [0.717, 1.165) is 5.56 Å². The van der Waals surface area contributed by atoms with Crippen molar-refractivity contribution in [3.63, 3.8) is 0 Å². The molecule has 3 nitrogen and oxygen atoms in total. The second-order valence-electron chi connectivity index (χ2n) is 3.62. The standard InChI is InChI=1S/C12H17NO2/c1-3-15-11(14)12(2,9-13)10-7-5-4-6-8-10/h4-8H,3,9,13H2,1-2H3/t12-/m0/s1. The van der Waals surface area contributed by atoms with Crippen LogP contribution in [0.1, 0.15) is 19.4 Å². The molecule has 0 amide bonds. The summed E-state index contributed by atoms with van der Waals surface area (Å²) in [5.74, 6) is -0.265. The van der Waals surface area contributed by atoms with Gasteiger partial charge in [0.2, 0.25) is 0 Å². The average Bonchev–Trinajstić information content (AvgIpc) is 2.29. The number of benzene rings is 1. The van der Waals surface area contributed by atoms with Crippen molar-refractivity contribution in [3.8, 4) is 0 Å². The Hall–Kier alpha value is -1.35. The summed E-state index contributed by atoms with van der Waals surface area (Å²) >= 11 is 0. The molecule has 3 heteroatoms. The SMILES string of the molecule is CCOC(=O)[C@@](C)(CN)c1ccccc1. The third kappa shape index (κ3) is 2.36. The summed E-state index contributed by atoms with van der Waals surface area (Å²) in [7, 11) is 0. The zero-order valence-corrected chi connectivity index (χ0v) is 9.19. The molecule has 0 fully saturated rings. The van der Waals surface area contributed by atoms with E-state index in [4.69, 9.17) is 10.5 Å². The predicted octanol–water partition coefficient (Wildman–Crippen LogP) is 1.47. The van der Waals surface area contributed by atoms with Crippen molar-refractivity contribution in [1.29, 1.82) is 0 Å². The average molecular weight is 207 g/mol. The number of nitrogens with two attached hydrogens (primary N) is 1. The molecule has 0 radical (unpaired) electrons. The Morgan fingerprint density at radius 3 is 2.47 bits per heavy atom. The first-order valence-corrected chi connectivity index (χ1v) is 5.08. The van der Waals surface area contributed by atoms with E-state index in [1.165, 1.54) is 0 Å². The van der Waals surface area contributed by atoms with Crippen molar-refractivity contribution in [1.82, 2.24) is 0 Å². The van der Waals surface area contributed by atoms with Gasteiger partial charge in [0.15, 0.2) is 0 Å². The monoisotopic (exact) mass is 207 g/mol. The fourth-order valence-corrected chi connectivity index (χ4v) is 1.42. The van der Waals surface area contributed by atoms with Gasteiger partial charge in [-0.1, -0.05) is 30.3 Å². The van der Waals surface area contributed by atoms with Crippen molar-refractivity contribution in [3.05, 3.63) is 35.9 Å². The minimum atomic E-state index is -0.739. The molecule has 0 spiro atoms. The molecule has 15 heavy (non-hydrogen) atoms. The zero-order chi connectivity index (χ0) is 11.3. The Labute approximate surface area is 90.2 Å². The molecular weight excluding hydrogens is 190 g/mol. The van der Waals surface area contributed by atoms with Gasteiger partial charge in [0.25, 0.3) is 0 Å². The van der Waals surface area contributed by atoms with Crippen molar-refractivity contribution >= 4 is 5.97 Å². The van der Waals surface area contributed by atoms with Gasteiger partial charge in [0.1, 0.15) is 5.41 Å². The van der Waals surface area contributed by atoms with Gasteiger partial charge in [-0.3, -0.25) is 4.79 Å². The second kappa shape index (κ2) is 4.94. The molecule has 0 saturated carbocycles. The highest BCUT2D eigenvalue weighted by atomic mass is 16.5. The number of carbonyl (C=O) groups excluding carboxylic acids is 1. The van der Waals surface area contributed by atoms with Crippen LogP contribution in [0.15, 0.2) is 30.3 Å². The van der Waals surface area contributed by atoms with E-state index in [1.54, 1.807) is 13.8 Å². The molecule has 0 unspecified atom stereocenters. The molecule has 0 aliphatic heterocycles. The largest absolute Gasteiger partial charge is 0.465 e. The van der Waals surface area contributed by atoms with Gasteiger partial charge < -0.3 is 10.5 Å². The minimum Gasteiger partial charge on any atom is -0.465 e. The third-order valence-electron chi connectivity index (χ3n) is 2.55. The van der Waals surface area contributed by atoms with E-state index in [9.17, 15) is 4.79 Å². The number of carbonyl (C=O) groups is 1. The minimum absolute atomic E-state index is 0.246. The molecule has 0 saturated heterocycles. The van der Waals surface area contributed by atoms with Gasteiger partial charge in [-0.25, -0.2) is 0 Å². The molecule has 1 atom stereocenters. The van der Waals surface area contributed by atoms with E-state index in [2.05, 4.69) is 0 Å². The number of hydrogen-bond donors (Lipinski definition) is 1. The van der Waals surface area contributed by atoms with Crippen LogP contribution in [0.3, 0.4) is 0 Å². The van der Waals surface area contributed by atoms with E-state index < -0.39 is 5.41 Å². The number of esters is 1. The third-order valence-corrected chi connectivity index (χ3v) is 2.55. The summed E-state index contributed by atoms with van der Waals surface area (Å²) in [6, 6.07) is 9.48. The van der Waals surface area contributed by atoms with E-state index >= 15 is 0 Å². The Bertz CT molecular complexity index is 324. The molecule has 1 rings (SSSR count). The van der Waals surface area contributed by atoms with Crippen LogP contribution in [0.2, 0.25) is 0 Å². The molecule has 0 aliphatic carbocycles. The highest BCUT2D eigenvalue weighted by molar-refractivity contribution is 5.83. The smallest absolute Gasteiger partial charge is 0.317 e. The zero-order valence-electron chi connectivity index (χ0n) is 9.19. The fourth-order valence-electron chi connectivity index (χ4n) is 1.42. The highest BCUT2D eigenvalue weighted by Crippen LogP contribution is 2.23. The number of hydrogen-bond acceptors (Lipinski definition) is 3. The first-order chi connectivity index (χ1) is 7.15. The maximum atomic E-state index is 11.8. The van der Waals surface area contributed by atoms with Gasteiger partial charge >= 0.3 is 5.97 Å². The van der Waals surface area contributed by atoms with Gasteiger partial charge in [-0.2, -0.15) is 0 Å². The molecular formula is C12H17NO2. The number of ether oxygens (including phenoxy) is 1. The lowest BCUT2D eigenvalue weighted by molar-refractivity contribution is -0.149. The lowest BCUT2D eigenvalue weighted by Crippen LogP contribution is -2.41. The van der Waals surface area contributed by atoms with Crippen LogP contribution in [0.25, 0.3) is 0 Å². The fraction of sp³-hybridized carbons (Fsp3) is 0.417. The van der Waals surface area contributed by atoms with Crippen LogP contribution < -0.4 is 5.73 Å². The van der Waals surface area contributed by atoms with Crippen molar-refractivity contribution in [2.75, 3.05) is 13.2 Å². The molecule has 0 aromatic heterocycles. The molecule has 82 valence electrons. The second-order valence-corrected chi connectivity index (χ2v) is 3.62. The summed E-state index contributed by atoms with van der Waals surface area (Å²) < 4.78 is 5.03. The van der Waals surface area contributed by atoms with Crippen molar-refractivity contribution in [2.45, 2.75) is 19.3 Å². The molecule has 0 aliphatic rings. The molecule has 2 N–H and O–H groups in total. The first-order valence-electron chi connectivity index (χ1n) is 5.08. The Morgan fingerprint density at radius 1 is 1.40 bits per heavy atom. The van der Waals surface area contributed by atoms with Crippen LogP contribution in [0.5, 0.6) is 0 Å². The van der Waals surface area contributed by atoms with Crippen LogP contribution in [0, 0.1) is 0 Å². The van der Waals surface area contributed by atoms with Crippen molar-refractivity contribution < 1.29 is 9.53 Å². The highest BCUT2D eigenvalue weighted by Gasteiger charge is 2.35. The van der Waals surface area contributed by atoms with Crippen LogP contribution in [0.4, 0.5) is 0 Å². The Kier molecular flexibility index (Phi) is 3.86. The van der Waals surface area contributed by atoms with Crippen molar-refractivity contribution in [2.24, 2.45) is 5.73 Å². The first kappa shape index (κ1) is 11.7. The summed E-state index contributed by atoms with van der Waals surface area (Å²) in [5.41, 5.74) is 5.82.